The van der Waals surface area contributed by atoms with Crippen LogP contribution in [0.15, 0.2) is 30.5 Å². The summed E-state index contributed by atoms with van der Waals surface area (Å²) in [6.07, 6.45) is 2.82. The number of carbonyl (C=O) groups excluding carboxylic acids is 1. The van der Waals surface area contributed by atoms with Crippen LogP contribution >= 0.6 is 0 Å². The normalized spacial score (nSPS) is 19.8. The van der Waals surface area contributed by atoms with E-state index in [4.69, 9.17) is 4.74 Å². The quantitative estimate of drug-likeness (QED) is 0.899. The summed E-state index contributed by atoms with van der Waals surface area (Å²) in [5.74, 6) is 0.103. The second kappa shape index (κ2) is 5.05. The summed E-state index contributed by atoms with van der Waals surface area (Å²) in [6, 6.07) is 8.02. The Bertz CT molecular complexity index is 591. The van der Waals surface area contributed by atoms with Gasteiger partial charge in [0.25, 0.3) is 5.91 Å². The van der Waals surface area contributed by atoms with Crippen molar-refractivity contribution >= 4 is 16.8 Å². The van der Waals surface area contributed by atoms with Crippen molar-refractivity contribution in [2.45, 2.75) is 19.4 Å². The minimum absolute atomic E-state index is 0.103. The summed E-state index contributed by atoms with van der Waals surface area (Å²) >= 11 is 0. The van der Waals surface area contributed by atoms with E-state index >= 15 is 0 Å². The Labute approximate surface area is 112 Å². The van der Waals surface area contributed by atoms with Gasteiger partial charge in [0.1, 0.15) is 0 Å². The van der Waals surface area contributed by atoms with Gasteiger partial charge in [0, 0.05) is 23.8 Å². The molecule has 1 saturated heterocycles. The largest absolute Gasteiger partial charge is 0.377 e. The average molecular weight is 258 g/mol. The molecule has 3 rings (SSSR count). The Hall–Kier alpha value is -1.81. The van der Waals surface area contributed by atoms with Crippen molar-refractivity contribution in [3.63, 3.8) is 0 Å². The van der Waals surface area contributed by atoms with Crippen molar-refractivity contribution in [2.24, 2.45) is 0 Å². The average Bonchev–Trinajstić information content (AvgIpc) is 2.93. The topological polar surface area (TPSA) is 45.3 Å². The Kier molecular flexibility index (Phi) is 3.25. The van der Waals surface area contributed by atoms with Crippen molar-refractivity contribution in [3.8, 4) is 0 Å². The summed E-state index contributed by atoms with van der Waals surface area (Å²) < 4.78 is 5.45. The van der Waals surface area contributed by atoms with Crippen LogP contribution in [-0.4, -0.2) is 41.6 Å². The molecule has 2 heterocycles. The first kappa shape index (κ1) is 12.2. The molecule has 0 aliphatic carbocycles. The van der Waals surface area contributed by atoms with Crippen molar-refractivity contribution in [1.82, 2.24) is 9.88 Å². The van der Waals surface area contributed by atoms with Crippen molar-refractivity contribution in [3.05, 3.63) is 36.0 Å². The number of fused-ring (bicyclic) bond motifs is 1. The van der Waals surface area contributed by atoms with Gasteiger partial charge in [-0.2, -0.15) is 0 Å². The van der Waals surface area contributed by atoms with Crippen LogP contribution in [0.4, 0.5) is 0 Å². The van der Waals surface area contributed by atoms with Gasteiger partial charge in [-0.15, -0.1) is 0 Å². The van der Waals surface area contributed by atoms with Crippen LogP contribution in [0, 0.1) is 0 Å². The number of rotatable bonds is 2. The maximum atomic E-state index is 12.6. The standard InChI is InChI=1S/C15H18N2O2/c1-2-13-10-19-8-7-17(13)15(18)12-4-3-11-5-6-16-14(11)9-12/h3-6,9,13,16H,2,7-8,10H2,1H3. The van der Waals surface area contributed by atoms with E-state index in [0.717, 1.165) is 22.9 Å². The number of benzene rings is 1. The van der Waals surface area contributed by atoms with E-state index in [2.05, 4.69) is 11.9 Å². The molecule has 1 amide bonds. The van der Waals surface area contributed by atoms with E-state index in [1.165, 1.54) is 0 Å². The zero-order valence-electron chi connectivity index (χ0n) is 11.1. The molecule has 4 nitrogen and oxygen atoms in total. The molecule has 1 aromatic carbocycles. The van der Waals surface area contributed by atoms with Crippen molar-refractivity contribution < 1.29 is 9.53 Å². The van der Waals surface area contributed by atoms with Crippen LogP contribution in [0.1, 0.15) is 23.7 Å². The number of nitrogens with one attached hydrogen (secondary N) is 1. The molecule has 1 unspecified atom stereocenters. The number of carbonyl (C=O) groups is 1. The Morgan fingerprint density at radius 3 is 3.21 bits per heavy atom. The van der Waals surface area contributed by atoms with Gasteiger partial charge in [0.05, 0.1) is 19.3 Å². The monoisotopic (exact) mass is 258 g/mol. The Morgan fingerprint density at radius 2 is 2.37 bits per heavy atom. The van der Waals surface area contributed by atoms with Gasteiger partial charge in [0.15, 0.2) is 0 Å². The first-order valence-electron chi connectivity index (χ1n) is 6.75. The third-order valence-electron chi connectivity index (χ3n) is 3.76. The van der Waals surface area contributed by atoms with Crippen LogP contribution in [0.25, 0.3) is 10.9 Å². The highest BCUT2D eigenvalue weighted by Crippen LogP contribution is 2.18. The third kappa shape index (κ3) is 2.24. The maximum Gasteiger partial charge on any atom is 0.254 e. The molecule has 0 saturated carbocycles. The molecule has 19 heavy (non-hydrogen) atoms. The highest BCUT2D eigenvalue weighted by Gasteiger charge is 2.26. The van der Waals surface area contributed by atoms with Gasteiger partial charge in [-0.05, 0) is 30.0 Å². The minimum atomic E-state index is 0.103. The number of hydrogen-bond acceptors (Lipinski definition) is 2. The predicted molar refractivity (Wildman–Crippen MR) is 74.2 cm³/mol. The molecule has 1 aromatic heterocycles. The second-order valence-electron chi connectivity index (χ2n) is 4.92. The number of aromatic amines is 1. The number of hydrogen-bond donors (Lipinski definition) is 1. The zero-order valence-corrected chi connectivity index (χ0v) is 11.1. The molecule has 1 aliphatic rings. The zero-order chi connectivity index (χ0) is 13.2. The van der Waals surface area contributed by atoms with Crippen LogP contribution < -0.4 is 0 Å². The molecule has 100 valence electrons. The number of amides is 1. The predicted octanol–water partition coefficient (Wildman–Crippen LogP) is 2.42. The van der Waals surface area contributed by atoms with Gasteiger partial charge in [-0.25, -0.2) is 0 Å². The maximum absolute atomic E-state index is 12.6. The number of morpholine rings is 1. The van der Waals surface area contributed by atoms with E-state index in [0.29, 0.717) is 19.8 Å². The molecule has 0 spiro atoms. The van der Waals surface area contributed by atoms with Crippen molar-refractivity contribution in [2.75, 3.05) is 19.8 Å². The smallest absolute Gasteiger partial charge is 0.254 e. The molecule has 0 radical (unpaired) electrons. The first-order chi connectivity index (χ1) is 9.29. The molecule has 0 bridgehead atoms. The van der Waals surface area contributed by atoms with E-state index in [1.54, 1.807) is 0 Å². The summed E-state index contributed by atoms with van der Waals surface area (Å²) in [5, 5.41) is 1.13. The summed E-state index contributed by atoms with van der Waals surface area (Å²) in [4.78, 5) is 17.7. The fraction of sp³-hybridized carbons (Fsp3) is 0.400. The van der Waals surface area contributed by atoms with E-state index in [1.807, 2.05) is 35.4 Å². The fourth-order valence-electron chi connectivity index (χ4n) is 2.61. The molecule has 2 aromatic rings. The lowest BCUT2D eigenvalue weighted by atomic mass is 10.1. The van der Waals surface area contributed by atoms with E-state index < -0.39 is 0 Å². The van der Waals surface area contributed by atoms with Gasteiger partial charge in [-0.1, -0.05) is 13.0 Å². The summed E-state index contributed by atoms with van der Waals surface area (Å²) in [5.41, 5.74) is 1.75. The lowest BCUT2D eigenvalue weighted by Crippen LogP contribution is -2.48. The molecule has 1 atom stereocenters. The molecular weight excluding hydrogens is 240 g/mol. The Morgan fingerprint density at radius 1 is 1.47 bits per heavy atom. The van der Waals surface area contributed by atoms with Crippen molar-refractivity contribution in [1.29, 1.82) is 0 Å². The lowest BCUT2D eigenvalue weighted by molar-refractivity contribution is -0.00279. The van der Waals surface area contributed by atoms with Gasteiger partial charge in [-0.3, -0.25) is 4.79 Å². The summed E-state index contributed by atoms with van der Waals surface area (Å²) in [6.45, 7) is 4.05. The molecule has 4 heteroatoms. The molecule has 1 N–H and O–H groups in total. The fourth-order valence-corrected chi connectivity index (χ4v) is 2.61. The van der Waals surface area contributed by atoms with Gasteiger partial charge >= 0.3 is 0 Å². The number of H-pyrrole nitrogens is 1. The number of nitrogens with zero attached hydrogens (tertiary/aromatic N) is 1. The van der Waals surface area contributed by atoms with Gasteiger partial charge < -0.3 is 14.6 Å². The molecular formula is C15H18N2O2. The summed E-state index contributed by atoms with van der Waals surface area (Å²) in [7, 11) is 0. The highest BCUT2D eigenvalue weighted by atomic mass is 16.5. The number of aromatic nitrogens is 1. The molecule has 1 fully saturated rings. The molecule has 1 aliphatic heterocycles. The minimum Gasteiger partial charge on any atom is -0.377 e. The highest BCUT2D eigenvalue weighted by molar-refractivity contribution is 5.98. The van der Waals surface area contributed by atoms with E-state index in [-0.39, 0.29) is 11.9 Å². The van der Waals surface area contributed by atoms with E-state index in [9.17, 15) is 4.79 Å². The number of ether oxygens (including phenoxy) is 1. The van der Waals surface area contributed by atoms with Crippen LogP contribution in [0.5, 0.6) is 0 Å². The van der Waals surface area contributed by atoms with Crippen LogP contribution in [-0.2, 0) is 4.74 Å². The van der Waals surface area contributed by atoms with Crippen LogP contribution in [0.2, 0.25) is 0 Å². The second-order valence-corrected chi connectivity index (χ2v) is 4.92. The van der Waals surface area contributed by atoms with Gasteiger partial charge in [0.2, 0.25) is 0 Å². The van der Waals surface area contributed by atoms with Crippen LogP contribution in [0.3, 0.4) is 0 Å². The third-order valence-corrected chi connectivity index (χ3v) is 3.76. The Balaban J connectivity index is 1.89. The SMILES string of the molecule is CCC1COCCN1C(=O)c1ccc2cc[nH]c2c1. The lowest BCUT2D eigenvalue weighted by Gasteiger charge is -2.35. The first-order valence-corrected chi connectivity index (χ1v) is 6.75.